The number of aromatic hydroxyl groups is 1. The molecule has 6 N–H and O–H groups in total. The molecule has 3 aromatic heterocycles. The molecule has 10 nitrogen and oxygen atoms in total. The van der Waals surface area contributed by atoms with Gasteiger partial charge in [0.2, 0.25) is 5.91 Å². The van der Waals surface area contributed by atoms with Gasteiger partial charge >= 0.3 is 0 Å². The summed E-state index contributed by atoms with van der Waals surface area (Å²) in [5.74, 6) is -2.52. The Morgan fingerprint density at radius 2 is 2.00 bits per heavy atom. The minimum atomic E-state index is -1.08. The van der Waals surface area contributed by atoms with Gasteiger partial charge in [0.1, 0.15) is 11.4 Å². The van der Waals surface area contributed by atoms with Gasteiger partial charge in [-0.05, 0) is 30.5 Å². The van der Waals surface area contributed by atoms with Crippen molar-refractivity contribution in [2.45, 2.75) is 24.8 Å². The van der Waals surface area contributed by atoms with E-state index in [1.54, 1.807) is 42.3 Å². The SMILES string of the molecule is CNC(=O)C1(N)CCCN(c2cnc(-c3cc(F)c(O)cc3F)cc2Cc2cnc3c(N)nccn23)C1. The zero-order valence-electron chi connectivity index (χ0n) is 20.1. The van der Waals surface area contributed by atoms with Gasteiger partial charge in [0.15, 0.2) is 23.0 Å². The van der Waals surface area contributed by atoms with Crippen LogP contribution in [0.1, 0.15) is 24.1 Å². The van der Waals surface area contributed by atoms with Gasteiger partial charge in [-0.1, -0.05) is 0 Å². The normalized spacial score (nSPS) is 17.8. The fraction of sp³-hybridized carbons (Fsp3) is 0.280. The average Bonchev–Trinajstić information content (AvgIpc) is 3.29. The Bertz CT molecular complexity index is 1510. The number of phenolic OH excluding ortho intramolecular Hbond substituents is 1. The fourth-order valence-electron chi connectivity index (χ4n) is 4.84. The number of rotatable bonds is 5. The molecule has 0 spiro atoms. The first-order valence-corrected chi connectivity index (χ1v) is 11.7. The number of piperidine rings is 1. The molecule has 1 saturated heterocycles. The zero-order chi connectivity index (χ0) is 26.3. The molecular weight excluding hydrogens is 482 g/mol. The van der Waals surface area contributed by atoms with E-state index < -0.39 is 22.9 Å². The second-order valence-corrected chi connectivity index (χ2v) is 9.17. The summed E-state index contributed by atoms with van der Waals surface area (Å²) >= 11 is 0. The molecule has 1 aliphatic rings. The number of fused-ring (bicyclic) bond motifs is 1. The molecule has 4 aromatic rings. The smallest absolute Gasteiger partial charge is 0.241 e. The van der Waals surface area contributed by atoms with Gasteiger partial charge in [0, 0.05) is 62.5 Å². The fourth-order valence-corrected chi connectivity index (χ4v) is 4.84. The summed E-state index contributed by atoms with van der Waals surface area (Å²) in [6, 6.07) is 3.30. The van der Waals surface area contributed by atoms with Crippen molar-refractivity contribution in [3.8, 4) is 17.0 Å². The number of nitrogens with zero attached hydrogens (tertiary/aromatic N) is 5. The van der Waals surface area contributed by atoms with Crippen LogP contribution in [0.3, 0.4) is 0 Å². The molecule has 0 aliphatic carbocycles. The van der Waals surface area contributed by atoms with E-state index in [2.05, 4.69) is 20.3 Å². The molecule has 12 heteroatoms. The van der Waals surface area contributed by atoms with Gasteiger partial charge in [-0.3, -0.25) is 14.2 Å². The molecule has 0 bridgehead atoms. The summed E-state index contributed by atoms with van der Waals surface area (Å²) in [7, 11) is 1.55. The number of hydrogen-bond acceptors (Lipinski definition) is 8. The van der Waals surface area contributed by atoms with Crippen LogP contribution in [-0.4, -0.2) is 56.0 Å². The lowest BCUT2D eigenvalue weighted by atomic mass is 9.88. The third-order valence-electron chi connectivity index (χ3n) is 6.73. The van der Waals surface area contributed by atoms with Crippen LogP contribution in [0, 0.1) is 11.6 Å². The first kappa shape index (κ1) is 24.4. The number of amides is 1. The van der Waals surface area contributed by atoms with Crippen molar-refractivity contribution >= 4 is 23.1 Å². The molecule has 1 unspecified atom stereocenters. The maximum atomic E-state index is 14.7. The highest BCUT2D eigenvalue weighted by atomic mass is 19.1. The number of hydrogen-bond donors (Lipinski definition) is 4. The van der Waals surface area contributed by atoms with E-state index in [1.807, 2.05) is 4.90 Å². The monoisotopic (exact) mass is 508 g/mol. The topological polar surface area (TPSA) is 148 Å². The second-order valence-electron chi connectivity index (χ2n) is 9.17. The largest absolute Gasteiger partial charge is 0.505 e. The van der Waals surface area contributed by atoms with Crippen LogP contribution < -0.4 is 21.7 Å². The van der Waals surface area contributed by atoms with Crippen molar-refractivity contribution in [1.29, 1.82) is 0 Å². The van der Waals surface area contributed by atoms with Crippen LogP contribution in [0.2, 0.25) is 0 Å². The highest BCUT2D eigenvalue weighted by molar-refractivity contribution is 5.87. The number of phenols is 1. The van der Waals surface area contributed by atoms with Crippen molar-refractivity contribution in [3.05, 3.63) is 65.9 Å². The number of nitrogen functional groups attached to an aromatic ring is 1. The molecule has 1 aromatic carbocycles. The van der Waals surface area contributed by atoms with Gasteiger partial charge in [-0.25, -0.2) is 18.7 Å². The molecule has 0 saturated carbocycles. The first-order chi connectivity index (χ1) is 17.7. The van der Waals surface area contributed by atoms with Gasteiger partial charge in [0.05, 0.1) is 17.6 Å². The first-order valence-electron chi connectivity index (χ1n) is 11.7. The lowest BCUT2D eigenvalue weighted by Crippen LogP contribution is -2.62. The number of aromatic nitrogens is 4. The number of nitrogens with two attached hydrogens (primary N) is 2. The molecule has 37 heavy (non-hydrogen) atoms. The summed E-state index contributed by atoms with van der Waals surface area (Å²) in [5, 5.41) is 12.2. The molecule has 0 radical (unpaired) electrons. The molecule has 1 aliphatic heterocycles. The van der Waals surface area contributed by atoms with Crippen molar-refractivity contribution in [2.75, 3.05) is 30.8 Å². The maximum absolute atomic E-state index is 14.7. The van der Waals surface area contributed by atoms with Crippen LogP contribution in [0.25, 0.3) is 16.9 Å². The van der Waals surface area contributed by atoms with Gasteiger partial charge < -0.3 is 26.8 Å². The van der Waals surface area contributed by atoms with Gasteiger partial charge in [-0.2, -0.15) is 0 Å². The Hall–Kier alpha value is -4.32. The van der Waals surface area contributed by atoms with E-state index in [4.69, 9.17) is 11.5 Å². The number of anilines is 2. The highest BCUT2D eigenvalue weighted by Crippen LogP contribution is 2.33. The third kappa shape index (κ3) is 4.40. The Balaban J connectivity index is 1.61. The number of imidazole rings is 1. The van der Waals surface area contributed by atoms with Crippen LogP contribution >= 0.6 is 0 Å². The number of benzene rings is 1. The quantitative estimate of drug-likeness (QED) is 0.320. The van der Waals surface area contributed by atoms with Crippen LogP contribution in [0.15, 0.2) is 43.0 Å². The molecule has 1 fully saturated rings. The molecule has 4 heterocycles. The van der Waals surface area contributed by atoms with Crippen LogP contribution in [0.4, 0.5) is 20.3 Å². The predicted molar refractivity (Wildman–Crippen MR) is 134 cm³/mol. The average molecular weight is 509 g/mol. The number of carbonyl (C=O) groups excluding carboxylic acids is 1. The molecular formula is C25H26F2N8O2. The standard InChI is InChI=1S/C25H26F2N8O2/c1-30-24(37)25(29)3-2-5-34(13-25)20-12-32-19(16-9-18(27)21(36)10-17(16)26)8-14(20)7-15-11-33-23-22(28)31-4-6-35(15)23/h4,6,8-12,36H,2-3,5,7,13,29H2,1H3,(H2,28,31)(H,30,37). The van der Waals surface area contributed by atoms with Crippen molar-refractivity contribution in [1.82, 2.24) is 24.7 Å². The van der Waals surface area contributed by atoms with E-state index in [0.717, 1.165) is 23.4 Å². The Labute approximate surface area is 211 Å². The Morgan fingerprint density at radius 3 is 2.78 bits per heavy atom. The number of pyridine rings is 1. The predicted octanol–water partition coefficient (Wildman–Crippen LogP) is 1.99. The van der Waals surface area contributed by atoms with Crippen LogP contribution in [-0.2, 0) is 11.2 Å². The second kappa shape index (κ2) is 9.28. The van der Waals surface area contributed by atoms with Gasteiger partial charge in [0.25, 0.3) is 0 Å². The van der Waals surface area contributed by atoms with E-state index in [-0.39, 0.29) is 29.5 Å². The highest BCUT2D eigenvalue weighted by Gasteiger charge is 2.38. The number of likely N-dealkylation sites (N-methyl/N-ethyl adjacent to an activating group) is 1. The minimum absolute atomic E-state index is 0.0909. The molecule has 1 atom stereocenters. The summed E-state index contributed by atoms with van der Waals surface area (Å²) in [5.41, 5.74) is 14.2. The lowest BCUT2D eigenvalue weighted by Gasteiger charge is -2.40. The Kier molecular flexibility index (Phi) is 6.12. The van der Waals surface area contributed by atoms with E-state index in [0.29, 0.717) is 37.1 Å². The summed E-state index contributed by atoms with van der Waals surface area (Å²) < 4.78 is 30.6. The van der Waals surface area contributed by atoms with E-state index in [1.165, 1.54) is 0 Å². The van der Waals surface area contributed by atoms with Crippen LogP contribution in [0.5, 0.6) is 5.75 Å². The summed E-state index contributed by atoms with van der Waals surface area (Å²) in [6.45, 7) is 0.892. The zero-order valence-corrected chi connectivity index (χ0v) is 20.1. The Morgan fingerprint density at radius 1 is 1.19 bits per heavy atom. The third-order valence-corrected chi connectivity index (χ3v) is 6.73. The molecule has 192 valence electrons. The molecule has 1 amide bonds. The maximum Gasteiger partial charge on any atom is 0.241 e. The van der Waals surface area contributed by atoms with E-state index >= 15 is 0 Å². The molecule has 5 rings (SSSR count). The summed E-state index contributed by atoms with van der Waals surface area (Å²) in [6.07, 6.45) is 8.10. The number of carbonyl (C=O) groups is 1. The minimum Gasteiger partial charge on any atom is -0.505 e. The van der Waals surface area contributed by atoms with Crippen molar-refractivity contribution in [3.63, 3.8) is 0 Å². The summed E-state index contributed by atoms with van der Waals surface area (Å²) in [4.78, 5) is 27.3. The number of halogens is 2. The van der Waals surface area contributed by atoms with Crippen molar-refractivity contribution in [2.24, 2.45) is 5.73 Å². The van der Waals surface area contributed by atoms with Gasteiger partial charge in [-0.15, -0.1) is 0 Å². The van der Waals surface area contributed by atoms with E-state index in [9.17, 15) is 18.7 Å². The lowest BCUT2D eigenvalue weighted by molar-refractivity contribution is -0.126. The van der Waals surface area contributed by atoms with Crippen molar-refractivity contribution < 1.29 is 18.7 Å². The number of nitrogens with one attached hydrogen (secondary N) is 1.